The van der Waals surface area contributed by atoms with Crippen LogP contribution in [0.3, 0.4) is 0 Å². The number of anilines is 1. The maximum absolute atomic E-state index is 12.6. The summed E-state index contributed by atoms with van der Waals surface area (Å²) in [6.07, 6.45) is -4.35. The van der Waals surface area contributed by atoms with Crippen LogP contribution in [-0.2, 0) is 6.18 Å². The Labute approximate surface area is 114 Å². The lowest BCUT2D eigenvalue weighted by molar-refractivity contribution is -0.141. The van der Waals surface area contributed by atoms with Gasteiger partial charge in [0, 0.05) is 12.1 Å². The van der Waals surface area contributed by atoms with E-state index in [1.807, 2.05) is 0 Å². The van der Waals surface area contributed by atoms with E-state index in [1.165, 1.54) is 0 Å². The lowest BCUT2D eigenvalue weighted by Gasteiger charge is -2.27. The van der Waals surface area contributed by atoms with Gasteiger partial charge in [0.2, 0.25) is 0 Å². The predicted octanol–water partition coefficient (Wildman–Crippen LogP) is 1.77. The highest BCUT2D eigenvalue weighted by Crippen LogP contribution is 2.30. The monoisotopic (exact) mass is 291 g/mol. The van der Waals surface area contributed by atoms with Crippen molar-refractivity contribution >= 4 is 11.7 Å². The van der Waals surface area contributed by atoms with Crippen molar-refractivity contribution in [3.05, 3.63) is 23.4 Å². The largest absolute Gasteiger partial charge is 0.433 e. The van der Waals surface area contributed by atoms with E-state index < -0.39 is 23.3 Å². The molecule has 1 rings (SSSR count). The van der Waals surface area contributed by atoms with Gasteiger partial charge in [-0.05, 0) is 32.4 Å². The minimum atomic E-state index is -4.62. The van der Waals surface area contributed by atoms with Gasteiger partial charge in [0.25, 0.3) is 5.91 Å². The summed E-state index contributed by atoms with van der Waals surface area (Å²) in [6, 6.07) is 1.68. The third-order valence-electron chi connectivity index (χ3n) is 2.64. The molecule has 0 saturated heterocycles. The van der Waals surface area contributed by atoms with E-state index in [0.717, 1.165) is 6.07 Å². The van der Waals surface area contributed by atoms with Gasteiger partial charge in [0.15, 0.2) is 0 Å². The molecule has 8 heteroatoms. The molecule has 1 heterocycles. The Hall–Kier alpha value is -1.83. The number of nitrogens with two attached hydrogens (primary N) is 1. The zero-order chi connectivity index (χ0) is 15.6. The van der Waals surface area contributed by atoms with Crippen molar-refractivity contribution in [1.29, 1.82) is 0 Å². The van der Waals surface area contributed by atoms with Gasteiger partial charge in [-0.2, -0.15) is 13.2 Å². The molecule has 4 N–H and O–H groups in total. The van der Waals surface area contributed by atoms with E-state index in [9.17, 15) is 18.0 Å². The van der Waals surface area contributed by atoms with Gasteiger partial charge >= 0.3 is 6.18 Å². The Morgan fingerprint density at radius 1 is 1.40 bits per heavy atom. The van der Waals surface area contributed by atoms with Crippen molar-refractivity contribution in [2.24, 2.45) is 5.73 Å². The molecular weight excluding hydrogens is 275 g/mol. The van der Waals surface area contributed by atoms with E-state index in [4.69, 9.17) is 10.8 Å². The zero-order valence-electron chi connectivity index (χ0n) is 11.1. The fourth-order valence-corrected chi connectivity index (χ4v) is 1.57. The highest BCUT2D eigenvalue weighted by atomic mass is 19.4. The number of carbonyl (C=O) groups excluding carboxylic acids is 1. The number of pyridine rings is 1. The second kappa shape index (κ2) is 5.66. The van der Waals surface area contributed by atoms with Crippen LogP contribution in [0, 0.1) is 0 Å². The van der Waals surface area contributed by atoms with E-state index in [2.05, 4.69) is 10.3 Å². The van der Waals surface area contributed by atoms with Crippen molar-refractivity contribution in [3.8, 4) is 0 Å². The van der Waals surface area contributed by atoms with Crippen LogP contribution in [0.15, 0.2) is 12.1 Å². The third-order valence-corrected chi connectivity index (χ3v) is 2.64. The molecule has 20 heavy (non-hydrogen) atoms. The number of alkyl halides is 3. The summed E-state index contributed by atoms with van der Waals surface area (Å²) < 4.78 is 37.9. The first-order valence-corrected chi connectivity index (χ1v) is 5.84. The van der Waals surface area contributed by atoms with Gasteiger partial charge in [-0.25, -0.2) is 4.98 Å². The molecule has 1 aromatic rings. The SMILES string of the molecule is CC(C)(CCO)Nc1nc(C(F)(F)F)ccc1C(N)=O. The van der Waals surface area contributed by atoms with Gasteiger partial charge in [0.1, 0.15) is 11.5 Å². The first-order chi connectivity index (χ1) is 9.07. The number of primary amides is 1. The fourth-order valence-electron chi connectivity index (χ4n) is 1.57. The van der Waals surface area contributed by atoms with Crippen molar-refractivity contribution in [1.82, 2.24) is 4.98 Å². The average Bonchev–Trinajstić information content (AvgIpc) is 2.26. The number of carbonyl (C=O) groups is 1. The Morgan fingerprint density at radius 3 is 2.45 bits per heavy atom. The average molecular weight is 291 g/mol. The van der Waals surface area contributed by atoms with Gasteiger partial charge in [-0.3, -0.25) is 4.79 Å². The lowest BCUT2D eigenvalue weighted by Crippen LogP contribution is -2.34. The van der Waals surface area contributed by atoms with Crippen LogP contribution >= 0.6 is 0 Å². The van der Waals surface area contributed by atoms with Gasteiger partial charge in [0.05, 0.1) is 5.56 Å². The van der Waals surface area contributed by atoms with Crippen LogP contribution in [0.25, 0.3) is 0 Å². The Bertz CT molecular complexity index is 501. The summed E-state index contributed by atoms with van der Waals surface area (Å²) in [5.74, 6) is -1.13. The summed E-state index contributed by atoms with van der Waals surface area (Å²) in [5.41, 5.74) is 3.12. The van der Waals surface area contributed by atoms with Gasteiger partial charge < -0.3 is 16.2 Å². The normalized spacial score (nSPS) is 12.3. The topological polar surface area (TPSA) is 88.2 Å². The summed E-state index contributed by atoms with van der Waals surface area (Å²) in [6.45, 7) is 3.16. The van der Waals surface area contributed by atoms with Crippen LogP contribution in [0.2, 0.25) is 0 Å². The van der Waals surface area contributed by atoms with Gasteiger partial charge in [-0.1, -0.05) is 0 Å². The molecular formula is C12H16F3N3O2. The molecule has 5 nitrogen and oxygen atoms in total. The molecule has 0 aromatic carbocycles. The van der Waals surface area contributed by atoms with Crippen LogP contribution in [0.4, 0.5) is 19.0 Å². The number of nitrogens with one attached hydrogen (secondary N) is 1. The minimum Gasteiger partial charge on any atom is -0.396 e. The number of nitrogens with zero attached hydrogens (tertiary/aromatic N) is 1. The molecule has 0 aliphatic rings. The molecule has 0 fully saturated rings. The molecule has 112 valence electrons. The maximum Gasteiger partial charge on any atom is 0.433 e. The Morgan fingerprint density at radius 2 is 2.00 bits per heavy atom. The number of aliphatic hydroxyl groups excluding tert-OH is 1. The van der Waals surface area contributed by atoms with Crippen LogP contribution < -0.4 is 11.1 Å². The zero-order valence-corrected chi connectivity index (χ0v) is 11.1. The van der Waals surface area contributed by atoms with Crippen LogP contribution in [0.1, 0.15) is 36.3 Å². The van der Waals surface area contributed by atoms with E-state index >= 15 is 0 Å². The molecule has 0 bridgehead atoms. The number of amides is 1. The Kier molecular flexibility index (Phi) is 4.59. The fraction of sp³-hybridized carbons (Fsp3) is 0.500. The highest BCUT2D eigenvalue weighted by molar-refractivity contribution is 5.97. The van der Waals surface area contributed by atoms with Crippen LogP contribution in [-0.4, -0.2) is 28.1 Å². The highest BCUT2D eigenvalue weighted by Gasteiger charge is 2.34. The second-order valence-electron chi connectivity index (χ2n) is 4.94. The van der Waals surface area contributed by atoms with E-state index in [0.29, 0.717) is 6.07 Å². The number of aliphatic hydroxyl groups is 1. The second-order valence-corrected chi connectivity index (χ2v) is 4.94. The number of hydrogen-bond donors (Lipinski definition) is 3. The maximum atomic E-state index is 12.6. The molecule has 1 aromatic heterocycles. The third kappa shape index (κ3) is 4.09. The number of halogens is 3. The summed E-state index contributed by atoms with van der Waals surface area (Å²) in [4.78, 5) is 14.7. The quantitative estimate of drug-likeness (QED) is 0.771. The molecule has 0 atom stereocenters. The first-order valence-electron chi connectivity index (χ1n) is 5.84. The molecule has 0 unspecified atom stereocenters. The molecule has 1 amide bonds. The molecule has 0 radical (unpaired) electrons. The lowest BCUT2D eigenvalue weighted by atomic mass is 10.0. The summed E-state index contributed by atoms with van der Waals surface area (Å²) in [5, 5.41) is 11.6. The number of rotatable bonds is 5. The molecule has 0 aliphatic carbocycles. The standard InChI is InChI=1S/C12H16F3N3O2/c1-11(2,5-6-19)18-10-7(9(16)20)3-4-8(17-10)12(13,14)15/h3-4,19H,5-6H2,1-2H3,(H2,16,20)(H,17,18). The summed E-state index contributed by atoms with van der Waals surface area (Å²) >= 11 is 0. The van der Waals surface area contributed by atoms with Crippen molar-refractivity contribution in [3.63, 3.8) is 0 Å². The minimum absolute atomic E-state index is 0.135. The smallest absolute Gasteiger partial charge is 0.396 e. The van der Waals surface area contributed by atoms with Gasteiger partial charge in [-0.15, -0.1) is 0 Å². The van der Waals surface area contributed by atoms with Crippen molar-refractivity contribution in [2.45, 2.75) is 32.0 Å². The summed E-state index contributed by atoms with van der Waals surface area (Å²) in [7, 11) is 0. The molecule has 0 aliphatic heterocycles. The van der Waals surface area contributed by atoms with Crippen LogP contribution in [0.5, 0.6) is 0 Å². The van der Waals surface area contributed by atoms with Crippen molar-refractivity contribution in [2.75, 3.05) is 11.9 Å². The van der Waals surface area contributed by atoms with E-state index in [-0.39, 0.29) is 24.4 Å². The predicted molar refractivity (Wildman–Crippen MR) is 67.2 cm³/mol. The molecule has 0 saturated carbocycles. The number of aromatic nitrogens is 1. The molecule has 0 spiro atoms. The number of hydrogen-bond acceptors (Lipinski definition) is 4. The Balaban J connectivity index is 3.23. The first kappa shape index (κ1) is 16.2. The van der Waals surface area contributed by atoms with Crippen molar-refractivity contribution < 1.29 is 23.1 Å². The van der Waals surface area contributed by atoms with E-state index in [1.54, 1.807) is 13.8 Å².